The summed E-state index contributed by atoms with van der Waals surface area (Å²) in [6.45, 7) is 3.16. The van der Waals surface area contributed by atoms with Gasteiger partial charge in [0.15, 0.2) is 0 Å². The number of aromatic amines is 2. The van der Waals surface area contributed by atoms with Gasteiger partial charge in [0.1, 0.15) is 16.5 Å². The van der Waals surface area contributed by atoms with Crippen molar-refractivity contribution < 1.29 is 0 Å². The highest BCUT2D eigenvalue weighted by Crippen LogP contribution is 2.35. The van der Waals surface area contributed by atoms with Crippen LogP contribution in [0.2, 0.25) is 0 Å². The van der Waals surface area contributed by atoms with Crippen LogP contribution < -0.4 is 11.1 Å². The fourth-order valence-electron chi connectivity index (χ4n) is 4.25. The minimum Gasteiger partial charge on any atom is -0.309 e. The van der Waals surface area contributed by atoms with E-state index < -0.39 is 0 Å². The van der Waals surface area contributed by atoms with E-state index in [2.05, 4.69) is 21.9 Å². The molecule has 8 heteroatoms. The second-order valence-electron chi connectivity index (χ2n) is 8.25. The first-order valence-corrected chi connectivity index (χ1v) is 11.0. The van der Waals surface area contributed by atoms with E-state index in [9.17, 15) is 9.59 Å². The van der Waals surface area contributed by atoms with Crippen LogP contribution in [0.4, 0.5) is 0 Å². The van der Waals surface area contributed by atoms with Crippen molar-refractivity contribution >= 4 is 32.5 Å². The molecule has 0 radical (unpaired) electrons. The first kappa shape index (κ1) is 19.1. The minimum absolute atomic E-state index is 0.0484. The number of para-hydroxylation sites is 1. The maximum Gasteiger partial charge on any atom is 0.259 e. The zero-order valence-corrected chi connectivity index (χ0v) is 17.8. The van der Waals surface area contributed by atoms with Gasteiger partial charge in [-0.25, -0.2) is 9.97 Å². The molecule has 0 amide bonds. The predicted octanol–water partition coefficient (Wildman–Crippen LogP) is 2.98. The van der Waals surface area contributed by atoms with Gasteiger partial charge in [0, 0.05) is 4.88 Å². The molecule has 30 heavy (non-hydrogen) atoms. The number of H-pyrrole nitrogens is 2. The zero-order valence-electron chi connectivity index (χ0n) is 17.0. The highest BCUT2D eigenvalue weighted by atomic mass is 32.1. The normalized spacial score (nSPS) is 16.4. The van der Waals surface area contributed by atoms with Crippen molar-refractivity contribution in [1.29, 1.82) is 0 Å². The molecular formula is C22H23N5O2S. The molecule has 3 aromatic heterocycles. The van der Waals surface area contributed by atoms with Crippen LogP contribution in [-0.2, 0) is 25.9 Å². The van der Waals surface area contributed by atoms with Crippen molar-refractivity contribution in [3.8, 4) is 0 Å². The van der Waals surface area contributed by atoms with Crippen LogP contribution in [0.15, 0.2) is 33.9 Å². The predicted molar refractivity (Wildman–Crippen MR) is 119 cm³/mol. The third-order valence-corrected chi connectivity index (χ3v) is 6.86. The van der Waals surface area contributed by atoms with E-state index in [4.69, 9.17) is 4.98 Å². The molecule has 5 rings (SSSR count). The van der Waals surface area contributed by atoms with E-state index in [-0.39, 0.29) is 11.1 Å². The van der Waals surface area contributed by atoms with Gasteiger partial charge in [-0.2, -0.15) is 0 Å². The zero-order chi connectivity index (χ0) is 20.8. The van der Waals surface area contributed by atoms with Crippen LogP contribution in [0.5, 0.6) is 0 Å². The number of thiophene rings is 1. The van der Waals surface area contributed by atoms with Gasteiger partial charge in [-0.1, -0.05) is 19.1 Å². The molecule has 0 fully saturated rings. The lowest BCUT2D eigenvalue weighted by atomic mass is 9.89. The van der Waals surface area contributed by atoms with Crippen LogP contribution in [0.25, 0.3) is 21.1 Å². The van der Waals surface area contributed by atoms with Crippen molar-refractivity contribution in [3.63, 3.8) is 0 Å². The van der Waals surface area contributed by atoms with Gasteiger partial charge in [-0.3, -0.25) is 14.5 Å². The molecule has 0 bridgehead atoms. The van der Waals surface area contributed by atoms with Gasteiger partial charge in [0.25, 0.3) is 11.1 Å². The Bertz CT molecular complexity index is 1370. The number of benzene rings is 1. The fourth-order valence-corrected chi connectivity index (χ4v) is 5.65. The molecule has 4 aromatic rings. The molecule has 7 nitrogen and oxygen atoms in total. The molecule has 0 spiro atoms. The Labute approximate surface area is 176 Å². The van der Waals surface area contributed by atoms with Crippen molar-refractivity contribution in [1.82, 2.24) is 24.8 Å². The average Bonchev–Trinajstić information content (AvgIpc) is 3.05. The largest absolute Gasteiger partial charge is 0.309 e. The minimum atomic E-state index is -0.143. The van der Waals surface area contributed by atoms with E-state index in [0.29, 0.717) is 41.6 Å². The van der Waals surface area contributed by atoms with E-state index in [1.807, 2.05) is 30.1 Å². The fraction of sp³-hybridized carbons (Fsp3) is 0.364. The maximum absolute atomic E-state index is 12.8. The Kier molecular flexibility index (Phi) is 4.75. The van der Waals surface area contributed by atoms with E-state index in [1.165, 1.54) is 10.4 Å². The number of nitrogens with one attached hydrogen (secondary N) is 2. The lowest BCUT2D eigenvalue weighted by Crippen LogP contribution is -2.24. The molecule has 2 N–H and O–H groups in total. The summed E-state index contributed by atoms with van der Waals surface area (Å²) in [6.07, 6.45) is 3.12. The van der Waals surface area contributed by atoms with E-state index in [1.54, 1.807) is 17.4 Å². The number of hydrogen-bond donors (Lipinski definition) is 2. The summed E-state index contributed by atoms with van der Waals surface area (Å²) < 4.78 is 0. The van der Waals surface area contributed by atoms with Crippen molar-refractivity contribution in [2.24, 2.45) is 5.92 Å². The number of aryl methyl sites for hydroxylation is 1. The van der Waals surface area contributed by atoms with Crippen LogP contribution >= 0.6 is 11.3 Å². The number of fused-ring (bicyclic) bond motifs is 4. The van der Waals surface area contributed by atoms with Crippen molar-refractivity contribution in [3.05, 3.63) is 67.1 Å². The van der Waals surface area contributed by atoms with Crippen LogP contribution in [0.3, 0.4) is 0 Å². The van der Waals surface area contributed by atoms with Crippen LogP contribution in [0, 0.1) is 5.92 Å². The van der Waals surface area contributed by atoms with Crippen molar-refractivity contribution in [2.45, 2.75) is 39.3 Å². The summed E-state index contributed by atoms with van der Waals surface area (Å²) >= 11 is 1.66. The lowest BCUT2D eigenvalue weighted by molar-refractivity contribution is 0.303. The van der Waals surface area contributed by atoms with Gasteiger partial charge in [0.2, 0.25) is 0 Å². The summed E-state index contributed by atoms with van der Waals surface area (Å²) in [5.74, 6) is 1.88. The molecule has 154 valence electrons. The van der Waals surface area contributed by atoms with E-state index >= 15 is 0 Å². The van der Waals surface area contributed by atoms with Gasteiger partial charge in [-0.05, 0) is 49.9 Å². The molecular weight excluding hydrogens is 398 g/mol. The monoisotopic (exact) mass is 421 g/mol. The second-order valence-corrected chi connectivity index (χ2v) is 9.33. The molecule has 1 aromatic carbocycles. The highest BCUT2D eigenvalue weighted by molar-refractivity contribution is 7.18. The molecule has 0 saturated heterocycles. The Morgan fingerprint density at radius 3 is 2.67 bits per heavy atom. The van der Waals surface area contributed by atoms with Crippen LogP contribution in [0.1, 0.15) is 35.4 Å². The van der Waals surface area contributed by atoms with E-state index in [0.717, 1.165) is 29.5 Å². The number of aromatic nitrogens is 4. The third kappa shape index (κ3) is 3.46. The Balaban J connectivity index is 1.40. The van der Waals surface area contributed by atoms with Gasteiger partial charge in [0.05, 0.1) is 29.4 Å². The topological polar surface area (TPSA) is 94.7 Å². The molecule has 0 saturated carbocycles. The van der Waals surface area contributed by atoms with Crippen LogP contribution in [-0.4, -0.2) is 31.9 Å². The number of hydrogen-bond acceptors (Lipinski definition) is 6. The molecule has 3 heterocycles. The summed E-state index contributed by atoms with van der Waals surface area (Å²) in [6, 6.07) is 7.29. The molecule has 0 aliphatic heterocycles. The summed E-state index contributed by atoms with van der Waals surface area (Å²) in [5.41, 5.74) is 1.68. The summed E-state index contributed by atoms with van der Waals surface area (Å²) in [7, 11) is 1.92. The second kappa shape index (κ2) is 7.45. The van der Waals surface area contributed by atoms with Gasteiger partial charge in [-0.15, -0.1) is 11.3 Å². The summed E-state index contributed by atoms with van der Waals surface area (Å²) in [4.78, 5) is 44.3. The van der Waals surface area contributed by atoms with Gasteiger partial charge >= 0.3 is 0 Å². The Morgan fingerprint density at radius 1 is 1.10 bits per heavy atom. The number of rotatable bonds is 4. The third-order valence-electron chi connectivity index (χ3n) is 5.72. The number of nitrogens with zero attached hydrogens (tertiary/aromatic N) is 3. The quantitative estimate of drug-likeness (QED) is 0.528. The molecule has 1 atom stereocenters. The maximum atomic E-state index is 12.8. The highest BCUT2D eigenvalue weighted by Gasteiger charge is 2.23. The average molecular weight is 422 g/mol. The van der Waals surface area contributed by atoms with Crippen molar-refractivity contribution in [2.75, 3.05) is 7.05 Å². The summed E-state index contributed by atoms with van der Waals surface area (Å²) in [5, 5.41) is 1.35. The first-order chi connectivity index (χ1) is 14.5. The molecule has 1 aliphatic rings. The molecule has 1 aliphatic carbocycles. The SMILES string of the molecule is CC1CCc2c(sc3nc(CN(C)Cc4nc5ccccc5c(=O)[nH]4)[nH]c(=O)c23)C1. The van der Waals surface area contributed by atoms with Gasteiger partial charge < -0.3 is 9.97 Å². The Morgan fingerprint density at radius 2 is 1.83 bits per heavy atom. The molecule has 1 unspecified atom stereocenters. The standard InChI is InChI=1S/C22H23N5O2S/c1-12-7-8-14-16(9-12)30-22-19(14)21(29)25-18(26-22)11-27(2)10-17-23-15-6-4-3-5-13(15)20(28)24-17/h3-6,12H,7-11H2,1-2H3,(H,23,24,28)(H,25,26,29). The Hall–Kier alpha value is -2.84. The first-order valence-electron chi connectivity index (χ1n) is 10.2. The lowest BCUT2D eigenvalue weighted by Gasteiger charge is -2.17. The smallest absolute Gasteiger partial charge is 0.259 e.